The molecule has 1 fully saturated rings. The SMILES string of the molecule is CC(NC(=O)c1ccc2c(-c3ccc(C(F)(F)F)cc3)cccc2c1)C1CC1. The van der Waals surface area contributed by atoms with Gasteiger partial charge in [-0.3, -0.25) is 4.79 Å². The van der Waals surface area contributed by atoms with Gasteiger partial charge in [-0.2, -0.15) is 13.2 Å². The minimum Gasteiger partial charge on any atom is -0.349 e. The minimum absolute atomic E-state index is 0.0961. The highest BCUT2D eigenvalue weighted by atomic mass is 19.4. The van der Waals surface area contributed by atoms with E-state index in [-0.39, 0.29) is 11.9 Å². The Labute approximate surface area is 161 Å². The van der Waals surface area contributed by atoms with Gasteiger partial charge in [0.25, 0.3) is 5.91 Å². The molecule has 5 heteroatoms. The lowest BCUT2D eigenvalue weighted by Gasteiger charge is -2.14. The lowest BCUT2D eigenvalue weighted by atomic mass is 9.96. The van der Waals surface area contributed by atoms with E-state index in [9.17, 15) is 18.0 Å². The number of hydrogen-bond acceptors (Lipinski definition) is 1. The summed E-state index contributed by atoms with van der Waals surface area (Å²) in [6.07, 6.45) is -2.03. The van der Waals surface area contributed by atoms with Crippen molar-refractivity contribution in [3.05, 3.63) is 71.8 Å². The molecule has 144 valence electrons. The second kappa shape index (κ2) is 6.97. The van der Waals surface area contributed by atoms with Gasteiger partial charge in [-0.25, -0.2) is 0 Å². The average molecular weight is 383 g/mol. The molecule has 3 aromatic rings. The summed E-state index contributed by atoms with van der Waals surface area (Å²) < 4.78 is 38.4. The molecule has 1 N–H and O–H groups in total. The van der Waals surface area contributed by atoms with Crippen LogP contribution in [0.15, 0.2) is 60.7 Å². The van der Waals surface area contributed by atoms with Gasteiger partial charge in [0, 0.05) is 11.6 Å². The smallest absolute Gasteiger partial charge is 0.349 e. The van der Waals surface area contributed by atoms with Gasteiger partial charge in [-0.05, 0) is 71.8 Å². The molecule has 1 aliphatic rings. The summed E-state index contributed by atoms with van der Waals surface area (Å²) in [6.45, 7) is 2.03. The molecule has 4 rings (SSSR count). The maximum Gasteiger partial charge on any atom is 0.416 e. The summed E-state index contributed by atoms with van der Waals surface area (Å²) in [5, 5.41) is 4.82. The topological polar surface area (TPSA) is 29.1 Å². The van der Waals surface area contributed by atoms with Crippen LogP contribution in [-0.4, -0.2) is 11.9 Å². The van der Waals surface area contributed by atoms with E-state index in [0.717, 1.165) is 41.3 Å². The second-order valence-electron chi connectivity index (χ2n) is 7.42. The summed E-state index contributed by atoms with van der Waals surface area (Å²) in [6, 6.07) is 16.4. The molecule has 1 saturated carbocycles. The minimum atomic E-state index is -4.35. The normalized spacial score (nSPS) is 15.4. The van der Waals surface area contributed by atoms with E-state index >= 15 is 0 Å². The first kappa shape index (κ1) is 18.5. The van der Waals surface area contributed by atoms with Crippen LogP contribution < -0.4 is 5.32 Å². The molecule has 1 unspecified atom stereocenters. The second-order valence-corrected chi connectivity index (χ2v) is 7.42. The molecule has 28 heavy (non-hydrogen) atoms. The van der Waals surface area contributed by atoms with E-state index < -0.39 is 11.7 Å². The number of rotatable bonds is 4. The highest BCUT2D eigenvalue weighted by Gasteiger charge is 2.30. The highest BCUT2D eigenvalue weighted by Crippen LogP contribution is 2.34. The fourth-order valence-corrected chi connectivity index (χ4v) is 3.52. The van der Waals surface area contributed by atoms with Crippen molar-refractivity contribution in [2.45, 2.75) is 32.0 Å². The molecule has 1 atom stereocenters. The molecule has 3 aromatic carbocycles. The molecule has 0 radical (unpaired) electrons. The third-order valence-corrected chi connectivity index (χ3v) is 5.35. The summed E-state index contributed by atoms with van der Waals surface area (Å²) in [7, 11) is 0. The molecule has 0 aromatic heterocycles. The summed E-state index contributed by atoms with van der Waals surface area (Å²) >= 11 is 0. The molecule has 2 nitrogen and oxygen atoms in total. The lowest BCUT2D eigenvalue weighted by molar-refractivity contribution is -0.137. The highest BCUT2D eigenvalue weighted by molar-refractivity contribution is 6.02. The molecule has 1 aliphatic carbocycles. The van der Waals surface area contributed by atoms with E-state index in [0.29, 0.717) is 17.0 Å². The Bertz CT molecular complexity index is 1020. The lowest BCUT2D eigenvalue weighted by Crippen LogP contribution is -2.33. The fraction of sp³-hybridized carbons (Fsp3) is 0.261. The van der Waals surface area contributed by atoms with Gasteiger partial charge in [0.05, 0.1) is 5.56 Å². The van der Waals surface area contributed by atoms with Crippen molar-refractivity contribution in [1.29, 1.82) is 0 Å². The number of alkyl halides is 3. The van der Waals surface area contributed by atoms with Crippen LogP contribution >= 0.6 is 0 Å². The van der Waals surface area contributed by atoms with Crippen LogP contribution in [0, 0.1) is 5.92 Å². The van der Waals surface area contributed by atoms with Crippen LogP contribution in [-0.2, 0) is 6.18 Å². The number of nitrogens with one attached hydrogen (secondary N) is 1. The van der Waals surface area contributed by atoms with Gasteiger partial charge in [0.2, 0.25) is 0 Å². The van der Waals surface area contributed by atoms with Crippen molar-refractivity contribution >= 4 is 16.7 Å². The predicted octanol–water partition coefficient (Wildman–Crippen LogP) is 6.05. The van der Waals surface area contributed by atoms with E-state index in [1.807, 2.05) is 37.3 Å². The van der Waals surface area contributed by atoms with Crippen LogP contribution in [0.2, 0.25) is 0 Å². The van der Waals surface area contributed by atoms with Crippen LogP contribution in [0.1, 0.15) is 35.7 Å². The number of amides is 1. The third kappa shape index (κ3) is 3.75. The molecule has 1 amide bonds. The number of benzene rings is 3. The fourth-order valence-electron chi connectivity index (χ4n) is 3.52. The van der Waals surface area contributed by atoms with Crippen molar-refractivity contribution in [3.8, 4) is 11.1 Å². The van der Waals surface area contributed by atoms with Crippen molar-refractivity contribution < 1.29 is 18.0 Å². The number of hydrogen-bond donors (Lipinski definition) is 1. The molecular formula is C23H20F3NO. The number of halogens is 3. The zero-order valence-electron chi connectivity index (χ0n) is 15.4. The van der Waals surface area contributed by atoms with Gasteiger partial charge in [0.15, 0.2) is 0 Å². The predicted molar refractivity (Wildman–Crippen MR) is 104 cm³/mol. The Morgan fingerprint density at radius 2 is 1.75 bits per heavy atom. The number of carbonyl (C=O) groups is 1. The zero-order chi connectivity index (χ0) is 19.9. The van der Waals surface area contributed by atoms with Crippen molar-refractivity contribution in [3.63, 3.8) is 0 Å². The Balaban J connectivity index is 1.64. The quantitative estimate of drug-likeness (QED) is 0.583. The molecule has 0 spiro atoms. The van der Waals surface area contributed by atoms with Gasteiger partial charge >= 0.3 is 6.18 Å². The summed E-state index contributed by atoms with van der Waals surface area (Å²) in [5.41, 5.74) is 1.47. The first-order chi connectivity index (χ1) is 13.3. The first-order valence-corrected chi connectivity index (χ1v) is 9.34. The van der Waals surface area contributed by atoms with Gasteiger partial charge in [-0.1, -0.05) is 36.4 Å². The largest absolute Gasteiger partial charge is 0.416 e. The van der Waals surface area contributed by atoms with Crippen LogP contribution in [0.3, 0.4) is 0 Å². The van der Waals surface area contributed by atoms with Crippen molar-refractivity contribution in [2.24, 2.45) is 5.92 Å². The average Bonchev–Trinajstić information content (AvgIpc) is 3.52. The molecular weight excluding hydrogens is 363 g/mol. The first-order valence-electron chi connectivity index (χ1n) is 9.34. The maximum atomic E-state index is 12.8. The Morgan fingerprint density at radius 1 is 1.04 bits per heavy atom. The van der Waals surface area contributed by atoms with Crippen molar-refractivity contribution in [1.82, 2.24) is 5.32 Å². The maximum absolute atomic E-state index is 12.8. The monoisotopic (exact) mass is 383 g/mol. The third-order valence-electron chi connectivity index (χ3n) is 5.35. The van der Waals surface area contributed by atoms with Crippen LogP contribution in [0.5, 0.6) is 0 Å². The molecule has 0 saturated heterocycles. The Morgan fingerprint density at radius 3 is 2.39 bits per heavy atom. The van der Waals surface area contributed by atoms with Gasteiger partial charge in [-0.15, -0.1) is 0 Å². The molecule has 0 bridgehead atoms. The summed E-state index contributed by atoms with van der Waals surface area (Å²) in [4.78, 5) is 12.5. The van der Waals surface area contributed by atoms with Gasteiger partial charge in [0.1, 0.15) is 0 Å². The van der Waals surface area contributed by atoms with E-state index in [4.69, 9.17) is 0 Å². The summed E-state index contributed by atoms with van der Waals surface area (Å²) in [5.74, 6) is 0.483. The van der Waals surface area contributed by atoms with E-state index in [1.165, 1.54) is 12.1 Å². The Hall–Kier alpha value is -2.82. The number of fused-ring (bicyclic) bond motifs is 1. The van der Waals surface area contributed by atoms with Gasteiger partial charge < -0.3 is 5.32 Å². The van der Waals surface area contributed by atoms with Crippen molar-refractivity contribution in [2.75, 3.05) is 0 Å². The zero-order valence-corrected chi connectivity index (χ0v) is 15.4. The number of carbonyl (C=O) groups excluding carboxylic acids is 1. The van der Waals surface area contributed by atoms with E-state index in [2.05, 4.69) is 5.32 Å². The Kier molecular flexibility index (Phi) is 4.61. The van der Waals surface area contributed by atoms with E-state index in [1.54, 1.807) is 6.07 Å². The molecule has 0 heterocycles. The van der Waals surface area contributed by atoms with Crippen LogP contribution in [0.4, 0.5) is 13.2 Å². The standard InChI is InChI=1S/C23H20F3NO/c1-14(15-5-6-15)27-22(28)18-9-12-21-17(13-18)3-2-4-20(21)16-7-10-19(11-8-16)23(24,25)26/h2-4,7-15H,5-6H2,1H3,(H,27,28). The molecule has 0 aliphatic heterocycles. The van der Waals surface area contributed by atoms with Crippen LogP contribution in [0.25, 0.3) is 21.9 Å².